The predicted octanol–water partition coefficient (Wildman–Crippen LogP) is 2.06. The van der Waals surface area contributed by atoms with E-state index in [-0.39, 0.29) is 19.3 Å². The molecule has 1 aromatic rings. The Labute approximate surface area is 114 Å². The first-order chi connectivity index (χ1) is 9.48. The summed E-state index contributed by atoms with van der Waals surface area (Å²) < 4.78 is 49.4. The first kappa shape index (κ1) is 15.1. The molecular weight excluding hydrogens is 275 g/mol. The molecule has 1 aliphatic heterocycles. The summed E-state index contributed by atoms with van der Waals surface area (Å²) in [6.45, 7) is 1.41. The SMILES string of the molecule is O=c1c(C(F)(F)F)cccn1CCOC[C@H]1CCCO1. The van der Waals surface area contributed by atoms with E-state index in [0.29, 0.717) is 6.61 Å². The average Bonchev–Trinajstić information content (AvgIpc) is 2.88. The molecule has 112 valence electrons. The summed E-state index contributed by atoms with van der Waals surface area (Å²) in [7, 11) is 0. The highest BCUT2D eigenvalue weighted by Crippen LogP contribution is 2.25. The van der Waals surface area contributed by atoms with Gasteiger partial charge in [0.05, 0.1) is 19.3 Å². The van der Waals surface area contributed by atoms with E-state index in [0.717, 1.165) is 30.1 Å². The van der Waals surface area contributed by atoms with Gasteiger partial charge >= 0.3 is 6.18 Å². The van der Waals surface area contributed by atoms with Gasteiger partial charge in [0.25, 0.3) is 5.56 Å². The van der Waals surface area contributed by atoms with Crippen molar-refractivity contribution in [1.29, 1.82) is 0 Å². The van der Waals surface area contributed by atoms with Gasteiger partial charge in [0, 0.05) is 19.3 Å². The fraction of sp³-hybridized carbons (Fsp3) is 0.615. The molecule has 1 aromatic heterocycles. The highest BCUT2D eigenvalue weighted by Gasteiger charge is 2.34. The summed E-state index contributed by atoms with van der Waals surface area (Å²) in [5, 5.41) is 0. The predicted molar refractivity (Wildman–Crippen MR) is 65.5 cm³/mol. The molecule has 20 heavy (non-hydrogen) atoms. The van der Waals surface area contributed by atoms with E-state index in [9.17, 15) is 18.0 Å². The van der Waals surface area contributed by atoms with Crippen molar-refractivity contribution in [3.63, 3.8) is 0 Å². The number of rotatable bonds is 5. The van der Waals surface area contributed by atoms with Gasteiger partial charge in [0.15, 0.2) is 0 Å². The van der Waals surface area contributed by atoms with Crippen LogP contribution in [-0.2, 0) is 22.2 Å². The van der Waals surface area contributed by atoms with Gasteiger partial charge in [-0.2, -0.15) is 13.2 Å². The van der Waals surface area contributed by atoms with Crippen LogP contribution in [-0.4, -0.2) is 30.5 Å². The standard InChI is InChI=1S/C13H16F3NO3/c14-13(15,16)11-4-1-5-17(12(11)18)6-8-19-9-10-3-2-7-20-10/h1,4-5,10H,2-3,6-9H2/t10-/m1/s1. The topological polar surface area (TPSA) is 40.5 Å². The van der Waals surface area contributed by atoms with Crippen molar-refractivity contribution < 1.29 is 22.6 Å². The molecular formula is C13H16F3NO3. The van der Waals surface area contributed by atoms with Gasteiger partial charge in [0.1, 0.15) is 5.56 Å². The molecule has 1 aliphatic rings. The monoisotopic (exact) mass is 291 g/mol. The molecule has 1 saturated heterocycles. The summed E-state index contributed by atoms with van der Waals surface area (Å²) in [5.74, 6) is 0. The number of hydrogen-bond acceptors (Lipinski definition) is 3. The lowest BCUT2D eigenvalue weighted by molar-refractivity contribution is -0.139. The van der Waals surface area contributed by atoms with Crippen molar-refractivity contribution in [1.82, 2.24) is 4.57 Å². The maximum absolute atomic E-state index is 12.6. The lowest BCUT2D eigenvalue weighted by Gasteiger charge is -2.12. The highest BCUT2D eigenvalue weighted by atomic mass is 19.4. The van der Waals surface area contributed by atoms with Gasteiger partial charge in [-0.1, -0.05) is 0 Å². The van der Waals surface area contributed by atoms with E-state index >= 15 is 0 Å². The van der Waals surface area contributed by atoms with Crippen LogP contribution in [0.15, 0.2) is 23.1 Å². The number of ether oxygens (including phenoxy) is 2. The minimum Gasteiger partial charge on any atom is -0.377 e. The number of alkyl halides is 3. The number of aromatic nitrogens is 1. The molecule has 0 aromatic carbocycles. The molecule has 0 saturated carbocycles. The Morgan fingerprint density at radius 2 is 2.25 bits per heavy atom. The molecule has 0 amide bonds. The first-order valence-electron chi connectivity index (χ1n) is 6.44. The second-order valence-corrected chi connectivity index (χ2v) is 4.63. The smallest absolute Gasteiger partial charge is 0.377 e. The van der Waals surface area contributed by atoms with Crippen LogP contribution in [0, 0.1) is 0 Å². The largest absolute Gasteiger partial charge is 0.421 e. The zero-order chi connectivity index (χ0) is 14.6. The normalized spacial score (nSPS) is 19.4. The third-order valence-corrected chi connectivity index (χ3v) is 3.13. The van der Waals surface area contributed by atoms with Gasteiger partial charge in [-0.25, -0.2) is 0 Å². The molecule has 2 rings (SSSR count). The quantitative estimate of drug-likeness (QED) is 0.780. The Morgan fingerprint density at radius 3 is 2.90 bits per heavy atom. The molecule has 0 spiro atoms. The van der Waals surface area contributed by atoms with Gasteiger partial charge in [-0.3, -0.25) is 4.79 Å². The molecule has 0 aliphatic carbocycles. The lowest BCUT2D eigenvalue weighted by atomic mass is 10.2. The maximum Gasteiger partial charge on any atom is 0.421 e. The van der Waals surface area contributed by atoms with Crippen molar-refractivity contribution in [3.05, 3.63) is 34.2 Å². The summed E-state index contributed by atoms with van der Waals surface area (Å²) >= 11 is 0. The Balaban J connectivity index is 1.88. The highest BCUT2D eigenvalue weighted by molar-refractivity contribution is 5.13. The van der Waals surface area contributed by atoms with Gasteiger partial charge in [-0.05, 0) is 25.0 Å². The zero-order valence-corrected chi connectivity index (χ0v) is 10.9. The second kappa shape index (κ2) is 6.41. The lowest BCUT2D eigenvalue weighted by Crippen LogP contribution is -2.29. The fourth-order valence-corrected chi connectivity index (χ4v) is 2.08. The minimum atomic E-state index is -4.63. The number of pyridine rings is 1. The average molecular weight is 291 g/mol. The Morgan fingerprint density at radius 1 is 1.45 bits per heavy atom. The van der Waals surface area contributed by atoms with Crippen molar-refractivity contribution in [2.24, 2.45) is 0 Å². The van der Waals surface area contributed by atoms with E-state index in [4.69, 9.17) is 9.47 Å². The van der Waals surface area contributed by atoms with E-state index in [2.05, 4.69) is 0 Å². The fourth-order valence-electron chi connectivity index (χ4n) is 2.08. The minimum absolute atomic E-state index is 0.0632. The number of halogens is 3. The third kappa shape index (κ3) is 3.83. The second-order valence-electron chi connectivity index (χ2n) is 4.63. The van der Waals surface area contributed by atoms with E-state index < -0.39 is 17.3 Å². The molecule has 2 heterocycles. The van der Waals surface area contributed by atoms with Gasteiger partial charge in [0.2, 0.25) is 0 Å². The van der Waals surface area contributed by atoms with E-state index in [1.807, 2.05) is 0 Å². The molecule has 0 radical (unpaired) electrons. The van der Waals surface area contributed by atoms with Crippen LogP contribution in [0.4, 0.5) is 13.2 Å². The first-order valence-corrected chi connectivity index (χ1v) is 6.44. The van der Waals surface area contributed by atoms with Crippen molar-refractivity contribution in [3.8, 4) is 0 Å². The molecule has 0 N–H and O–H groups in total. The van der Waals surface area contributed by atoms with Crippen LogP contribution in [0.5, 0.6) is 0 Å². The molecule has 0 unspecified atom stereocenters. The summed E-state index contributed by atoms with van der Waals surface area (Å²) in [5.41, 5.74) is -2.19. The molecule has 1 fully saturated rings. The van der Waals surface area contributed by atoms with Crippen LogP contribution < -0.4 is 5.56 Å². The summed E-state index contributed by atoms with van der Waals surface area (Å²) in [6.07, 6.45) is -1.30. The Hall–Kier alpha value is -1.34. The van der Waals surface area contributed by atoms with E-state index in [1.165, 1.54) is 12.3 Å². The van der Waals surface area contributed by atoms with E-state index in [1.54, 1.807) is 0 Å². The van der Waals surface area contributed by atoms with Crippen LogP contribution in [0.25, 0.3) is 0 Å². The Bertz CT molecular complexity index is 492. The van der Waals surface area contributed by atoms with Gasteiger partial charge in [-0.15, -0.1) is 0 Å². The molecule has 7 heteroatoms. The maximum atomic E-state index is 12.6. The zero-order valence-electron chi connectivity index (χ0n) is 10.9. The van der Waals surface area contributed by atoms with Crippen molar-refractivity contribution in [2.75, 3.05) is 19.8 Å². The molecule has 4 nitrogen and oxygen atoms in total. The molecule has 0 bridgehead atoms. The third-order valence-electron chi connectivity index (χ3n) is 3.13. The summed E-state index contributed by atoms with van der Waals surface area (Å²) in [6, 6.07) is 2.00. The van der Waals surface area contributed by atoms with Gasteiger partial charge < -0.3 is 14.0 Å². The number of nitrogens with zero attached hydrogens (tertiary/aromatic N) is 1. The van der Waals surface area contributed by atoms with Crippen molar-refractivity contribution >= 4 is 0 Å². The van der Waals surface area contributed by atoms with Crippen LogP contribution in [0.1, 0.15) is 18.4 Å². The summed E-state index contributed by atoms with van der Waals surface area (Å²) in [4.78, 5) is 11.6. The van der Waals surface area contributed by atoms with Crippen molar-refractivity contribution in [2.45, 2.75) is 31.7 Å². The Kier molecular flexibility index (Phi) is 4.82. The van der Waals surface area contributed by atoms with Crippen LogP contribution >= 0.6 is 0 Å². The van der Waals surface area contributed by atoms with Crippen LogP contribution in [0.3, 0.4) is 0 Å². The molecule has 1 atom stereocenters. The van der Waals surface area contributed by atoms with Crippen LogP contribution in [0.2, 0.25) is 0 Å². The number of hydrogen-bond donors (Lipinski definition) is 0.